The van der Waals surface area contributed by atoms with Crippen LogP contribution in [0.15, 0.2) is 18.2 Å². The fraction of sp³-hybridized carbons (Fsp3) is 0.467. The third-order valence-corrected chi connectivity index (χ3v) is 3.01. The second-order valence-corrected chi connectivity index (χ2v) is 4.85. The zero-order valence-electron chi connectivity index (χ0n) is 10.1. The Labute approximate surface area is 108 Å². The highest BCUT2D eigenvalue weighted by molar-refractivity contribution is 6.18. The quantitative estimate of drug-likeness (QED) is 0.582. The first-order valence-electron chi connectivity index (χ1n) is 6.08. The lowest BCUT2D eigenvalue weighted by molar-refractivity contribution is 0.299. The van der Waals surface area contributed by atoms with E-state index in [-0.39, 0.29) is 0 Å². The minimum absolute atomic E-state index is 0.592. The smallest absolute Gasteiger partial charge is 0.119 e. The molecule has 0 atom stereocenters. The third kappa shape index (κ3) is 3.98. The Morgan fingerprint density at radius 2 is 2.24 bits per heavy atom. The van der Waals surface area contributed by atoms with Crippen LogP contribution in [0.2, 0.25) is 0 Å². The van der Waals surface area contributed by atoms with Crippen LogP contribution in [0.3, 0.4) is 0 Å². The summed E-state index contributed by atoms with van der Waals surface area (Å²) >= 11 is 5.59. The monoisotopic (exact) mass is 248 g/mol. The summed E-state index contributed by atoms with van der Waals surface area (Å²) in [7, 11) is 0. The van der Waals surface area contributed by atoms with E-state index in [1.807, 2.05) is 12.1 Å². The predicted molar refractivity (Wildman–Crippen MR) is 71.6 cm³/mol. The number of halogens is 1. The Balaban J connectivity index is 1.97. The van der Waals surface area contributed by atoms with Gasteiger partial charge in [0.25, 0.3) is 0 Å². The van der Waals surface area contributed by atoms with Crippen LogP contribution in [0.5, 0.6) is 5.75 Å². The van der Waals surface area contributed by atoms with Gasteiger partial charge in [-0.3, -0.25) is 0 Å². The molecule has 0 aromatic heterocycles. The molecule has 1 nitrogen and oxygen atoms in total. The van der Waals surface area contributed by atoms with E-state index in [9.17, 15) is 0 Å². The summed E-state index contributed by atoms with van der Waals surface area (Å²) in [6.07, 6.45) is 3.38. The molecule has 0 radical (unpaired) electrons. The number of alkyl halides is 1. The van der Waals surface area contributed by atoms with Crippen molar-refractivity contribution in [1.29, 1.82) is 0 Å². The average molecular weight is 249 g/mol. The Hall–Kier alpha value is -1.13. The number of aryl methyl sites for hydroxylation is 1. The van der Waals surface area contributed by atoms with Gasteiger partial charge in [0.2, 0.25) is 0 Å². The largest absolute Gasteiger partial charge is 0.493 e. The molecule has 0 heterocycles. The van der Waals surface area contributed by atoms with Crippen molar-refractivity contribution in [3.8, 4) is 17.6 Å². The van der Waals surface area contributed by atoms with Gasteiger partial charge in [0.1, 0.15) is 5.75 Å². The van der Waals surface area contributed by atoms with E-state index in [2.05, 4.69) is 24.8 Å². The van der Waals surface area contributed by atoms with Crippen molar-refractivity contribution >= 4 is 11.6 Å². The minimum atomic E-state index is 0.592. The van der Waals surface area contributed by atoms with Crippen molar-refractivity contribution in [1.82, 2.24) is 0 Å². The molecule has 0 unspecified atom stereocenters. The number of ether oxygens (including phenoxy) is 1. The van der Waals surface area contributed by atoms with Gasteiger partial charge in [-0.2, -0.15) is 0 Å². The molecule has 0 aliphatic heterocycles. The van der Waals surface area contributed by atoms with Crippen molar-refractivity contribution in [2.75, 3.05) is 12.5 Å². The van der Waals surface area contributed by atoms with Crippen LogP contribution in [0.25, 0.3) is 0 Å². The zero-order chi connectivity index (χ0) is 12.1. The standard InChI is InChI=1S/C15H17ClO/c1-12-10-15(17-11-13-5-6-13)8-7-14(12)4-2-3-9-16/h7-8,10,13H,3,5-6,9,11H2,1H3. The van der Waals surface area contributed by atoms with Gasteiger partial charge in [-0.15, -0.1) is 11.6 Å². The van der Waals surface area contributed by atoms with E-state index in [1.165, 1.54) is 18.4 Å². The van der Waals surface area contributed by atoms with Crippen LogP contribution < -0.4 is 4.74 Å². The highest BCUT2D eigenvalue weighted by Crippen LogP contribution is 2.29. The van der Waals surface area contributed by atoms with Crippen LogP contribution in [-0.4, -0.2) is 12.5 Å². The van der Waals surface area contributed by atoms with Gasteiger partial charge in [0.15, 0.2) is 0 Å². The molecule has 0 bridgehead atoms. The predicted octanol–water partition coefficient (Wildman–Crippen LogP) is 3.76. The summed E-state index contributed by atoms with van der Waals surface area (Å²) in [5, 5.41) is 0. The molecule has 0 spiro atoms. The maximum absolute atomic E-state index is 5.72. The molecular formula is C15H17ClO. The third-order valence-electron chi connectivity index (χ3n) is 2.82. The van der Waals surface area contributed by atoms with Crippen molar-refractivity contribution < 1.29 is 4.74 Å². The van der Waals surface area contributed by atoms with Crippen molar-refractivity contribution in [2.45, 2.75) is 26.2 Å². The summed E-state index contributed by atoms with van der Waals surface area (Å²) in [6.45, 7) is 2.92. The summed E-state index contributed by atoms with van der Waals surface area (Å²) in [5.74, 6) is 8.52. The molecule has 1 aromatic carbocycles. The van der Waals surface area contributed by atoms with Gasteiger partial charge >= 0.3 is 0 Å². The van der Waals surface area contributed by atoms with E-state index >= 15 is 0 Å². The molecule has 0 saturated heterocycles. The van der Waals surface area contributed by atoms with Gasteiger partial charge in [0.05, 0.1) is 6.61 Å². The highest BCUT2D eigenvalue weighted by atomic mass is 35.5. The van der Waals surface area contributed by atoms with E-state index in [0.29, 0.717) is 5.88 Å². The summed E-state index contributed by atoms with van der Waals surface area (Å²) in [5.41, 5.74) is 2.23. The Morgan fingerprint density at radius 3 is 2.88 bits per heavy atom. The van der Waals surface area contributed by atoms with Gasteiger partial charge in [-0.1, -0.05) is 11.8 Å². The Kier molecular flexibility index (Phi) is 4.34. The Morgan fingerprint density at radius 1 is 1.41 bits per heavy atom. The van der Waals surface area contributed by atoms with Crippen LogP contribution >= 0.6 is 11.6 Å². The molecule has 0 amide bonds. The van der Waals surface area contributed by atoms with E-state index < -0.39 is 0 Å². The van der Waals surface area contributed by atoms with Crippen LogP contribution in [0.1, 0.15) is 30.4 Å². The molecule has 90 valence electrons. The van der Waals surface area contributed by atoms with Gasteiger partial charge in [0, 0.05) is 17.9 Å². The van der Waals surface area contributed by atoms with Crippen molar-refractivity contribution in [3.05, 3.63) is 29.3 Å². The minimum Gasteiger partial charge on any atom is -0.493 e. The lowest BCUT2D eigenvalue weighted by Gasteiger charge is -2.06. The number of rotatable bonds is 4. The van der Waals surface area contributed by atoms with Gasteiger partial charge in [-0.25, -0.2) is 0 Å². The van der Waals surface area contributed by atoms with Crippen molar-refractivity contribution in [3.63, 3.8) is 0 Å². The van der Waals surface area contributed by atoms with Gasteiger partial charge < -0.3 is 4.74 Å². The number of benzene rings is 1. The van der Waals surface area contributed by atoms with Gasteiger partial charge in [-0.05, 0) is 49.4 Å². The van der Waals surface area contributed by atoms with E-state index in [0.717, 1.165) is 30.3 Å². The number of hydrogen-bond acceptors (Lipinski definition) is 1. The van der Waals surface area contributed by atoms with Crippen LogP contribution in [0, 0.1) is 24.7 Å². The first kappa shape index (κ1) is 12.3. The summed E-state index contributed by atoms with van der Waals surface area (Å²) < 4.78 is 5.72. The molecule has 17 heavy (non-hydrogen) atoms. The first-order chi connectivity index (χ1) is 8.29. The molecule has 1 aliphatic carbocycles. The molecule has 1 aromatic rings. The zero-order valence-corrected chi connectivity index (χ0v) is 10.9. The highest BCUT2D eigenvalue weighted by Gasteiger charge is 2.21. The summed E-state index contributed by atoms with van der Waals surface area (Å²) in [4.78, 5) is 0. The SMILES string of the molecule is Cc1cc(OCC2CC2)ccc1C#CCCCl. The maximum Gasteiger partial charge on any atom is 0.119 e. The molecule has 1 aliphatic rings. The molecule has 2 rings (SSSR count). The second kappa shape index (κ2) is 5.98. The first-order valence-corrected chi connectivity index (χ1v) is 6.61. The second-order valence-electron chi connectivity index (χ2n) is 4.47. The average Bonchev–Trinajstić information content (AvgIpc) is 3.13. The maximum atomic E-state index is 5.72. The fourth-order valence-corrected chi connectivity index (χ4v) is 1.66. The molecule has 2 heteroatoms. The topological polar surface area (TPSA) is 9.23 Å². The van der Waals surface area contributed by atoms with Crippen LogP contribution in [-0.2, 0) is 0 Å². The molecule has 1 saturated carbocycles. The number of hydrogen-bond donors (Lipinski definition) is 0. The Bertz CT molecular complexity index is 438. The van der Waals surface area contributed by atoms with E-state index in [1.54, 1.807) is 0 Å². The lowest BCUT2D eigenvalue weighted by Crippen LogP contribution is -1.99. The summed E-state index contributed by atoms with van der Waals surface area (Å²) in [6, 6.07) is 6.09. The van der Waals surface area contributed by atoms with Crippen LogP contribution in [0.4, 0.5) is 0 Å². The molecule has 0 N–H and O–H groups in total. The van der Waals surface area contributed by atoms with Crippen molar-refractivity contribution in [2.24, 2.45) is 5.92 Å². The normalized spacial score (nSPS) is 14.0. The molecular weight excluding hydrogens is 232 g/mol. The van der Waals surface area contributed by atoms with E-state index in [4.69, 9.17) is 16.3 Å². The lowest BCUT2D eigenvalue weighted by atomic mass is 10.1. The molecule has 1 fully saturated rings. The fourth-order valence-electron chi connectivity index (χ4n) is 1.57.